The smallest absolute Gasteiger partial charge is 0.331 e. The topological polar surface area (TPSA) is 83.1 Å². The largest absolute Gasteiger partial charge is 0.493 e. The van der Waals surface area contributed by atoms with Crippen LogP contribution in [-0.2, 0) is 14.3 Å². The molecule has 1 amide bonds. The lowest BCUT2D eigenvalue weighted by Gasteiger charge is -2.12. The SMILES string of the molecule is COc1cc(/C=C/C(=O)OCC(=O)Nc2cccc(C(C)C)c2)cc(OC)c1OC. The molecule has 30 heavy (non-hydrogen) atoms. The van der Waals surface area contributed by atoms with Crippen LogP contribution in [0.3, 0.4) is 0 Å². The standard InChI is InChI=1S/C23H27NO6/c1-15(2)17-7-6-8-18(13-17)24-21(25)14-30-22(26)10-9-16-11-19(27-3)23(29-5)20(12-16)28-4/h6-13,15H,14H2,1-5H3,(H,24,25)/b10-9+. The highest BCUT2D eigenvalue weighted by Gasteiger charge is 2.12. The van der Waals surface area contributed by atoms with E-state index in [0.717, 1.165) is 5.56 Å². The summed E-state index contributed by atoms with van der Waals surface area (Å²) in [5, 5.41) is 2.72. The lowest BCUT2D eigenvalue weighted by Crippen LogP contribution is -2.20. The molecule has 0 aliphatic rings. The molecule has 0 radical (unpaired) electrons. The minimum absolute atomic E-state index is 0.347. The van der Waals surface area contributed by atoms with E-state index in [1.54, 1.807) is 18.2 Å². The van der Waals surface area contributed by atoms with Crippen molar-refractivity contribution in [2.75, 3.05) is 33.3 Å². The molecule has 2 aromatic carbocycles. The van der Waals surface area contributed by atoms with E-state index < -0.39 is 11.9 Å². The first-order valence-corrected chi connectivity index (χ1v) is 9.42. The summed E-state index contributed by atoms with van der Waals surface area (Å²) in [6.07, 6.45) is 2.77. The highest BCUT2D eigenvalue weighted by molar-refractivity contribution is 5.94. The number of nitrogens with one attached hydrogen (secondary N) is 1. The number of hydrogen-bond donors (Lipinski definition) is 1. The highest BCUT2D eigenvalue weighted by Crippen LogP contribution is 2.38. The van der Waals surface area contributed by atoms with Gasteiger partial charge in [-0.05, 0) is 47.4 Å². The predicted octanol–water partition coefficient (Wildman–Crippen LogP) is 4.03. The number of ether oxygens (including phenoxy) is 4. The molecule has 0 saturated carbocycles. The molecule has 2 rings (SSSR count). The van der Waals surface area contributed by atoms with E-state index in [-0.39, 0.29) is 6.61 Å². The Kier molecular flexibility index (Phi) is 8.29. The van der Waals surface area contributed by atoms with Crippen LogP contribution in [0, 0.1) is 0 Å². The van der Waals surface area contributed by atoms with Gasteiger partial charge in [0.2, 0.25) is 5.75 Å². The zero-order chi connectivity index (χ0) is 22.1. The fraction of sp³-hybridized carbons (Fsp3) is 0.304. The predicted molar refractivity (Wildman–Crippen MR) is 115 cm³/mol. The molecular weight excluding hydrogens is 386 g/mol. The van der Waals surface area contributed by atoms with Crippen LogP contribution in [0.4, 0.5) is 5.69 Å². The number of carbonyl (C=O) groups excluding carboxylic acids is 2. The van der Waals surface area contributed by atoms with Crippen LogP contribution < -0.4 is 19.5 Å². The molecule has 0 aliphatic heterocycles. The van der Waals surface area contributed by atoms with Gasteiger partial charge in [-0.3, -0.25) is 4.79 Å². The maximum Gasteiger partial charge on any atom is 0.331 e. The van der Waals surface area contributed by atoms with Gasteiger partial charge in [0.05, 0.1) is 21.3 Å². The van der Waals surface area contributed by atoms with Gasteiger partial charge in [0.15, 0.2) is 18.1 Å². The Hall–Kier alpha value is -3.48. The molecule has 0 unspecified atom stereocenters. The maximum absolute atomic E-state index is 12.1. The van der Waals surface area contributed by atoms with Crippen molar-refractivity contribution in [1.82, 2.24) is 0 Å². The van der Waals surface area contributed by atoms with E-state index in [9.17, 15) is 9.59 Å². The highest BCUT2D eigenvalue weighted by atomic mass is 16.5. The third-order valence-corrected chi connectivity index (χ3v) is 4.28. The molecule has 7 heteroatoms. The summed E-state index contributed by atoms with van der Waals surface area (Å²) in [7, 11) is 4.53. The summed E-state index contributed by atoms with van der Waals surface area (Å²) in [6.45, 7) is 3.76. The van der Waals surface area contributed by atoms with Crippen LogP contribution in [0.15, 0.2) is 42.5 Å². The van der Waals surface area contributed by atoms with Gasteiger partial charge in [0, 0.05) is 11.8 Å². The number of hydrogen-bond acceptors (Lipinski definition) is 6. The summed E-state index contributed by atoms with van der Waals surface area (Å²) >= 11 is 0. The number of anilines is 1. The van der Waals surface area contributed by atoms with Crippen LogP contribution in [0.25, 0.3) is 6.08 Å². The van der Waals surface area contributed by atoms with Crippen LogP contribution in [0.5, 0.6) is 17.2 Å². The Morgan fingerprint density at radius 3 is 2.23 bits per heavy atom. The van der Waals surface area contributed by atoms with Gasteiger partial charge in [-0.2, -0.15) is 0 Å². The molecule has 0 saturated heterocycles. The fourth-order valence-electron chi connectivity index (χ4n) is 2.72. The Balaban J connectivity index is 1.95. The molecule has 0 atom stereocenters. The molecule has 0 bridgehead atoms. The second-order valence-corrected chi connectivity index (χ2v) is 6.73. The second-order valence-electron chi connectivity index (χ2n) is 6.73. The van der Waals surface area contributed by atoms with Crippen LogP contribution >= 0.6 is 0 Å². The van der Waals surface area contributed by atoms with Crippen molar-refractivity contribution >= 4 is 23.6 Å². The van der Waals surface area contributed by atoms with Crippen molar-refractivity contribution in [3.05, 3.63) is 53.6 Å². The molecule has 0 heterocycles. The molecule has 0 spiro atoms. The minimum atomic E-state index is -0.644. The quantitative estimate of drug-likeness (QED) is 0.494. The second kappa shape index (κ2) is 10.9. The van der Waals surface area contributed by atoms with Crippen molar-refractivity contribution in [2.24, 2.45) is 0 Å². The average Bonchev–Trinajstić information content (AvgIpc) is 2.75. The Bertz CT molecular complexity index is 895. The van der Waals surface area contributed by atoms with E-state index in [0.29, 0.717) is 34.4 Å². The average molecular weight is 413 g/mol. The lowest BCUT2D eigenvalue weighted by molar-refractivity contribution is -0.142. The third-order valence-electron chi connectivity index (χ3n) is 4.28. The van der Waals surface area contributed by atoms with Crippen molar-refractivity contribution in [3.8, 4) is 17.2 Å². The van der Waals surface area contributed by atoms with E-state index >= 15 is 0 Å². The third kappa shape index (κ3) is 6.27. The van der Waals surface area contributed by atoms with Gasteiger partial charge in [0.1, 0.15) is 0 Å². The first-order valence-electron chi connectivity index (χ1n) is 9.42. The van der Waals surface area contributed by atoms with E-state index in [1.165, 1.54) is 33.5 Å². The van der Waals surface area contributed by atoms with Crippen molar-refractivity contribution in [1.29, 1.82) is 0 Å². The summed E-state index contributed by atoms with van der Waals surface area (Å²) in [5.74, 6) is 0.680. The molecule has 7 nitrogen and oxygen atoms in total. The number of carbonyl (C=O) groups is 2. The number of methoxy groups -OCH3 is 3. The Morgan fingerprint density at radius 1 is 1.00 bits per heavy atom. The van der Waals surface area contributed by atoms with Gasteiger partial charge in [-0.1, -0.05) is 26.0 Å². The normalized spacial score (nSPS) is 10.7. The zero-order valence-corrected chi connectivity index (χ0v) is 17.9. The molecule has 2 aromatic rings. The van der Waals surface area contributed by atoms with E-state index in [1.807, 2.05) is 18.2 Å². The Labute approximate surface area is 176 Å². The molecule has 1 N–H and O–H groups in total. The Morgan fingerprint density at radius 2 is 1.67 bits per heavy atom. The monoisotopic (exact) mass is 413 g/mol. The van der Waals surface area contributed by atoms with E-state index in [4.69, 9.17) is 18.9 Å². The molecule has 0 aliphatic carbocycles. The summed E-state index contributed by atoms with van der Waals surface area (Å²) < 4.78 is 20.8. The number of benzene rings is 2. The number of amides is 1. The van der Waals surface area contributed by atoms with E-state index in [2.05, 4.69) is 19.2 Å². The van der Waals surface area contributed by atoms with Crippen LogP contribution in [0.1, 0.15) is 30.9 Å². The van der Waals surface area contributed by atoms with Crippen molar-refractivity contribution in [2.45, 2.75) is 19.8 Å². The zero-order valence-electron chi connectivity index (χ0n) is 17.9. The maximum atomic E-state index is 12.1. The first-order chi connectivity index (χ1) is 14.4. The fourth-order valence-corrected chi connectivity index (χ4v) is 2.72. The van der Waals surface area contributed by atoms with Crippen molar-refractivity contribution < 1.29 is 28.5 Å². The summed E-state index contributed by atoms with van der Waals surface area (Å²) in [4.78, 5) is 24.0. The van der Waals surface area contributed by atoms with Gasteiger partial charge < -0.3 is 24.3 Å². The number of rotatable bonds is 9. The molecular formula is C23H27NO6. The van der Waals surface area contributed by atoms with Crippen LogP contribution in [0.2, 0.25) is 0 Å². The van der Waals surface area contributed by atoms with Gasteiger partial charge in [-0.15, -0.1) is 0 Å². The van der Waals surface area contributed by atoms with Crippen molar-refractivity contribution in [3.63, 3.8) is 0 Å². The first kappa shape index (κ1) is 22.8. The summed E-state index contributed by atoms with van der Waals surface area (Å²) in [5.41, 5.74) is 2.42. The van der Waals surface area contributed by atoms with Gasteiger partial charge in [-0.25, -0.2) is 4.79 Å². The molecule has 0 aromatic heterocycles. The summed E-state index contributed by atoms with van der Waals surface area (Å²) in [6, 6.07) is 10.9. The number of esters is 1. The molecule has 160 valence electrons. The van der Waals surface area contributed by atoms with Crippen LogP contribution in [-0.4, -0.2) is 39.8 Å². The van der Waals surface area contributed by atoms with Gasteiger partial charge in [0.25, 0.3) is 5.91 Å². The molecule has 0 fully saturated rings. The minimum Gasteiger partial charge on any atom is -0.493 e. The van der Waals surface area contributed by atoms with Gasteiger partial charge >= 0.3 is 5.97 Å². The lowest BCUT2D eigenvalue weighted by atomic mass is 10.0.